The summed E-state index contributed by atoms with van der Waals surface area (Å²) in [7, 11) is 0. The van der Waals surface area contributed by atoms with Crippen molar-refractivity contribution in [2.45, 2.75) is 58.6 Å². The zero-order chi connectivity index (χ0) is 13.7. The van der Waals surface area contributed by atoms with E-state index in [0.29, 0.717) is 12.1 Å². The van der Waals surface area contributed by atoms with E-state index in [9.17, 15) is 0 Å². The Balaban J connectivity index is 1.91. The normalized spacial score (nSPS) is 25.0. The van der Waals surface area contributed by atoms with Crippen LogP contribution in [-0.2, 0) is 0 Å². The highest BCUT2D eigenvalue weighted by atomic mass is 16.5. The Labute approximate surface area is 116 Å². The summed E-state index contributed by atoms with van der Waals surface area (Å²) >= 11 is 0. The highest BCUT2D eigenvalue weighted by Crippen LogP contribution is 2.27. The van der Waals surface area contributed by atoms with Crippen molar-refractivity contribution in [1.82, 2.24) is 10.3 Å². The van der Waals surface area contributed by atoms with E-state index in [-0.39, 0.29) is 0 Å². The fourth-order valence-corrected chi connectivity index (χ4v) is 2.81. The number of aromatic nitrogens is 1. The summed E-state index contributed by atoms with van der Waals surface area (Å²) in [6.45, 7) is 7.52. The quantitative estimate of drug-likeness (QED) is 0.878. The van der Waals surface area contributed by atoms with Crippen LogP contribution in [0.5, 0.6) is 5.75 Å². The van der Waals surface area contributed by atoms with Crippen molar-refractivity contribution in [3.8, 4) is 5.75 Å². The number of nitrogens with one attached hydrogen (secondary N) is 1. The van der Waals surface area contributed by atoms with Gasteiger partial charge in [-0.15, -0.1) is 0 Å². The van der Waals surface area contributed by atoms with Crippen molar-refractivity contribution >= 4 is 0 Å². The van der Waals surface area contributed by atoms with Crippen LogP contribution >= 0.6 is 0 Å². The van der Waals surface area contributed by atoms with E-state index in [4.69, 9.17) is 4.74 Å². The van der Waals surface area contributed by atoms with E-state index in [1.807, 2.05) is 6.20 Å². The summed E-state index contributed by atoms with van der Waals surface area (Å²) in [6.07, 6.45) is 7.23. The number of ether oxygens (including phenoxy) is 1. The van der Waals surface area contributed by atoms with Crippen LogP contribution in [0.25, 0.3) is 0 Å². The molecule has 0 spiro atoms. The molecule has 3 nitrogen and oxygen atoms in total. The molecule has 3 heteroatoms. The lowest BCUT2D eigenvalue weighted by molar-refractivity contribution is 0.128. The molecule has 3 atom stereocenters. The SMILES string of the molecule is CCNC(C)c1ccc(OC2CCCC(C)C2)cn1. The number of hydrogen-bond acceptors (Lipinski definition) is 3. The summed E-state index contributed by atoms with van der Waals surface area (Å²) in [5.41, 5.74) is 1.08. The zero-order valence-electron chi connectivity index (χ0n) is 12.4. The highest BCUT2D eigenvalue weighted by molar-refractivity contribution is 5.21. The minimum Gasteiger partial charge on any atom is -0.489 e. The second kappa shape index (κ2) is 6.90. The molecule has 106 valence electrons. The lowest BCUT2D eigenvalue weighted by Gasteiger charge is -2.27. The second-order valence-corrected chi connectivity index (χ2v) is 5.71. The van der Waals surface area contributed by atoms with Gasteiger partial charge in [0, 0.05) is 6.04 Å². The van der Waals surface area contributed by atoms with E-state index in [1.165, 1.54) is 25.7 Å². The van der Waals surface area contributed by atoms with Gasteiger partial charge in [-0.1, -0.05) is 20.3 Å². The molecule has 1 aliphatic carbocycles. The Morgan fingerprint density at radius 3 is 2.89 bits per heavy atom. The van der Waals surface area contributed by atoms with E-state index in [0.717, 1.165) is 23.9 Å². The number of pyridine rings is 1. The van der Waals surface area contributed by atoms with Gasteiger partial charge in [-0.3, -0.25) is 4.98 Å². The van der Waals surface area contributed by atoms with Gasteiger partial charge >= 0.3 is 0 Å². The molecule has 1 fully saturated rings. The average molecular weight is 262 g/mol. The molecular weight excluding hydrogens is 236 g/mol. The lowest BCUT2D eigenvalue weighted by atomic mass is 9.89. The van der Waals surface area contributed by atoms with Gasteiger partial charge in [-0.25, -0.2) is 0 Å². The van der Waals surface area contributed by atoms with E-state index < -0.39 is 0 Å². The van der Waals surface area contributed by atoms with E-state index >= 15 is 0 Å². The molecule has 0 saturated heterocycles. The molecule has 3 unspecified atom stereocenters. The molecule has 0 aromatic carbocycles. The first-order chi connectivity index (χ1) is 9.19. The third-order valence-corrected chi connectivity index (χ3v) is 3.90. The molecule has 1 aliphatic rings. The maximum Gasteiger partial charge on any atom is 0.138 e. The first-order valence-corrected chi connectivity index (χ1v) is 7.55. The van der Waals surface area contributed by atoms with Crippen molar-refractivity contribution in [2.75, 3.05) is 6.54 Å². The first-order valence-electron chi connectivity index (χ1n) is 7.55. The van der Waals surface area contributed by atoms with Gasteiger partial charge in [0.05, 0.1) is 18.0 Å². The third kappa shape index (κ3) is 4.20. The summed E-state index contributed by atoms with van der Waals surface area (Å²) < 4.78 is 6.04. The molecule has 0 bridgehead atoms. The van der Waals surface area contributed by atoms with E-state index in [1.54, 1.807) is 0 Å². The molecule has 1 saturated carbocycles. The molecule has 2 rings (SSSR count). The van der Waals surface area contributed by atoms with Gasteiger partial charge in [0.2, 0.25) is 0 Å². The predicted octanol–water partition coefficient (Wildman–Crippen LogP) is 3.71. The summed E-state index contributed by atoms with van der Waals surface area (Å²) in [6, 6.07) is 4.42. The van der Waals surface area contributed by atoms with Crippen LogP contribution in [0.1, 0.15) is 58.2 Å². The Morgan fingerprint density at radius 2 is 2.26 bits per heavy atom. The summed E-state index contributed by atoms with van der Waals surface area (Å²) in [4.78, 5) is 4.49. The van der Waals surface area contributed by atoms with Crippen molar-refractivity contribution in [2.24, 2.45) is 5.92 Å². The standard InChI is InChI=1S/C16H26N2O/c1-4-17-13(3)16-9-8-15(11-18-16)19-14-7-5-6-12(2)10-14/h8-9,11-14,17H,4-7,10H2,1-3H3. The van der Waals surface area contributed by atoms with Gasteiger partial charge in [0.15, 0.2) is 0 Å². The lowest BCUT2D eigenvalue weighted by Crippen LogP contribution is -2.24. The highest BCUT2D eigenvalue weighted by Gasteiger charge is 2.20. The summed E-state index contributed by atoms with van der Waals surface area (Å²) in [5, 5.41) is 3.37. The Morgan fingerprint density at radius 1 is 1.42 bits per heavy atom. The van der Waals surface area contributed by atoms with E-state index in [2.05, 4.69) is 43.2 Å². The predicted molar refractivity (Wildman–Crippen MR) is 78.4 cm³/mol. The minimum atomic E-state index is 0.300. The largest absolute Gasteiger partial charge is 0.489 e. The van der Waals surface area contributed by atoms with Crippen LogP contribution in [0.3, 0.4) is 0 Å². The zero-order valence-corrected chi connectivity index (χ0v) is 12.4. The Kier molecular flexibility index (Phi) is 5.20. The van der Waals surface area contributed by atoms with Gasteiger partial charge in [-0.05, 0) is 50.8 Å². The van der Waals surface area contributed by atoms with Crippen LogP contribution in [0.15, 0.2) is 18.3 Å². The minimum absolute atomic E-state index is 0.300. The van der Waals surface area contributed by atoms with Crippen LogP contribution in [0, 0.1) is 5.92 Å². The maximum absolute atomic E-state index is 6.04. The van der Waals surface area contributed by atoms with Crippen molar-refractivity contribution in [3.63, 3.8) is 0 Å². The Hall–Kier alpha value is -1.09. The molecule has 1 aromatic rings. The summed E-state index contributed by atoms with van der Waals surface area (Å²) in [5.74, 6) is 1.70. The Bertz CT molecular complexity index is 377. The van der Waals surface area contributed by atoms with Gasteiger partial charge < -0.3 is 10.1 Å². The van der Waals surface area contributed by atoms with Crippen LogP contribution in [0.2, 0.25) is 0 Å². The molecule has 0 radical (unpaired) electrons. The first kappa shape index (κ1) is 14.3. The van der Waals surface area contributed by atoms with Crippen LogP contribution in [0.4, 0.5) is 0 Å². The molecular formula is C16H26N2O. The molecule has 0 aliphatic heterocycles. The molecule has 1 aromatic heterocycles. The molecule has 1 heterocycles. The van der Waals surface area contributed by atoms with Gasteiger partial charge in [0.1, 0.15) is 5.75 Å². The van der Waals surface area contributed by atoms with Crippen molar-refractivity contribution < 1.29 is 4.74 Å². The molecule has 0 amide bonds. The molecule has 1 N–H and O–H groups in total. The number of hydrogen-bond donors (Lipinski definition) is 1. The second-order valence-electron chi connectivity index (χ2n) is 5.71. The number of nitrogens with zero attached hydrogens (tertiary/aromatic N) is 1. The third-order valence-electron chi connectivity index (χ3n) is 3.90. The fraction of sp³-hybridized carbons (Fsp3) is 0.688. The van der Waals surface area contributed by atoms with Crippen LogP contribution in [-0.4, -0.2) is 17.6 Å². The molecule has 19 heavy (non-hydrogen) atoms. The maximum atomic E-state index is 6.04. The van der Waals surface area contributed by atoms with Gasteiger partial charge in [-0.2, -0.15) is 0 Å². The van der Waals surface area contributed by atoms with Crippen molar-refractivity contribution in [1.29, 1.82) is 0 Å². The monoisotopic (exact) mass is 262 g/mol. The average Bonchev–Trinajstić information content (AvgIpc) is 2.40. The smallest absolute Gasteiger partial charge is 0.138 e. The van der Waals surface area contributed by atoms with Crippen molar-refractivity contribution in [3.05, 3.63) is 24.0 Å². The fourth-order valence-electron chi connectivity index (χ4n) is 2.81. The van der Waals surface area contributed by atoms with Crippen LogP contribution < -0.4 is 10.1 Å². The number of rotatable bonds is 5. The van der Waals surface area contributed by atoms with Gasteiger partial charge in [0.25, 0.3) is 0 Å². The topological polar surface area (TPSA) is 34.1 Å².